The predicted octanol–water partition coefficient (Wildman–Crippen LogP) is 5.81. The molecule has 1 aliphatic rings. The maximum absolute atomic E-state index is 13.1. The second kappa shape index (κ2) is 7.99. The number of aromatic nitrogens is 1. The van der Waals surface area contributed by atoms with Gasteiger partial charge in [-0.2, -0.15) is 0 Å². The van der Waals surface area contributed by atoms with E-state index in [0.29, 0.717) is 36.9 Å². The summed E-state index contributed by atoms with van der Waals surface area (Å²) in [6, 6.07) is 12.7. The van der Waals surface area contributed by atoms with Crippen LogP contribution < -0.4 is 10.1 Å². The fourth-order valence-corrected chi connectivity index (χ4v) is 4.22. The van der Waals surface area contributed by atoms with Gasteiger partial charge in [-0.3, -0.25) is 14.9 Å². The third-order valence-electron chi connectivity index (χ3n) is 4.30. The number of amides is 1. The van der Waals surface area contributed by atoms with Gasteiger partial charge in [0.1, 0.15) is 5.75 Å². The number of benzene rings is 2. The Bertz CT molecular complexity index is 1140. The quantitative estimate of drug-likeness (QED) is 0.515. The number of nitrogens with zero attached hydrogens (tertiary/aromatic N) is 1. The maximum Gasteiger partial charge on any atom is 0.257 e. The van der Waals surface area contributed by atoms with E-state index in [9.17, 15) is 9.59 Å². The molecule has 0 radical (unpaired) electrons. The number of rotatable bonds is 4. The lowest BCUT2D eigenvalue weighted by molar-refractivity contribution is -0.113. The maximum atomic E-state index is 13.1. The van der Waals surface area contributed by atoms with E-state index >= 15 is 0 Å². The monoisotopic (exact) mass is 444 g/mol. The van der Waals surface area contributed by atoms with Crippen molar-refractivity contribution in [3.63, 3.8) is 0 Å². The minimum Gasteiger partial charge on any atom is -0.479 e. The summed E-state index contributed by atoms with van der Waals surface area (Å²) in [4.78, 5) is 29.1. The molecule has 2 aromatic carbocycles. The van der Waals surface area contributed by atoms with Gasteiger partial charge in [0, 0.05) is 17.5 Å². The van der Waals surface area contributed by atoms with Gasteiger partial charge < -0.3 is 4.74 Å². The highest BCUT2D eigenvalue weighted by Crippen LogP contribution is 2.43. The average molecular weight is 445 g/mol. The summed E-state index contributed by atoms with van der Waals surface area (Å²) < 4.78 is 6.13. The number of hydrogen-bond donors (Lipinski definition) is 1. The van der Waals surface area contributed by atoms with E-state index in [1.54, 1.807) is 18.2 Å². The van der Waals surface area contributed by atoms with Crippen LogP contribution in [-0.4, -0.2) is 16.7 Å². The summed E-state index contributed by atoms with van der Waals surface area (Å²) in [5, 5.41) is 3.90. The summed E-state index contributed by atoms with van der Waals surface area (Å²) in [6.45, 7) is 1.45. The first-order valence-corrected chi connectivity index (χ1v) is 10.2. The molecule has 1 aromatic heterocycles. The molecule has 1 amide bonds. The van der Waals surface area contributed by atoms with Gasteiger partial charge in [-0.1, -0.05) is 64.9 Å². The first-order chi connectivity index (χ1) is 13.9. The zero-order chi connectivity index (χ0) is 20.5. The van der Waals surface area contributed by atoms with Gasteiger partial charge in [-0.05, 0) is 23.8 Å². The van der Waals surface area contributed by atoms with Crippen LogP contribution in [0.25, 0.3) is 6.08 Å². The summed E-state index contributed by atoms with van der Waals surface area (Å²) in [6.07, 6.45) is 2.50. The number of anilines is 1. The number of carbonyl (C=O) groups is 2. The third-order valence-corrected chi connectivity index (χ3v) is 5.82. The molecule has 0 saturated carbocycles. The number of thiazole rings is 1. The lowest BCUT2D eigenvalue weighted by atomic mass is 9.95. The average Bonchev–Trinajstić information content (AvgIpc) is 3.16. The van der Waals surface area contributed by atoms with Crippen LogP contribution in [0.2, 0.25) is 10.0 Å². The van der Waals surface area contributed by atoms with Crippen LogP contribution in [0.4, 0.5) is 5.13 Å². The van der Waals surface area contributed by atoms with Crippen LogP contribution in [0.15, 0.2) is 54.2 Å². The minimum atomic E-state index is -0.658. The lowest BCUT2D eigenvalue weighted by Gasteiger charge is -2.27. The fourth-order valence-electron chi connectivity index (χ4n) is 2.96. The van der Waals surface area contributed by atoms with Crippen molar-refractivity contribution < 1.29 is 14.3 Å². The summed E-state index contributed by atoms with van der Waals surface area (Å²) in [5.41, 5.74) is 1.79. The highest BCUT2D eigenvalue weighted by molar-refractivity contribution is 7.17. The molecule has 0 fully saturated rings. The predicted molar refractivity (Wildman–Crippen MR) is 115 cm³/mol. The van der Waals surface area contributed by atoms with Crippen molar-refractivity contribution in [3.05, 3.63) is 80.3 Å². The molecule has 8 heteroatoms. The zero-order valence-electron chi connectivity index (χ0n) is 15.1. The van der Waals surface area contributed by atoms with E-state index in [0.717, 1.165) is 16.9 Å². The van der Waals surface area contributed by atoms with Gasteiger partial charge in [-0.15, -0.1) is 0 Å². The van der Waals surface area contributed by atoms with Gasteiger partial charge in [0.15, 0.2) is 17.0 Å². The molecule has 3 aromatic rings. The Balaban J connectivity index is 1.74. The molecule has 0 bridgehead atoms. The van der Waals surface area contributed by atoms with Crippen molar-refractivity contribution in [3.8, 4) is 5.75 Å². The first kappa shape index (κ1) is 19.6. The molecule has 0 saturated heterocycles. The van der Waals surface area contributed by atoms with Gasteiger partial charge in [0.25, 0.3) is 5.91 Å². The molecule has 1 aliphatic heterocycles. The van der Waals surface area contributed by atoms with Crippen LogP contribution in [-0.2, 0) is 4.79 Å². The molecule has 1 unspecified atom stereocenters. The van der Waals surface area contributed by atoms with Crippen LogP contribution in [0.5, 0.6) is 5.75 Å². The third kappa shape index (κ3) is 4.05. The minimum absolute atomic E-state index is 0.108. The number of halogens is 2. The Morgan fingerprint density at radius 2 is 1.93 bits per heavy atom. The van der Waals surface area contributed by atoms with E-state index in [2.05, 4.69) is 10.3 Å². The molecule has 1 atom stereocenters. The van der Waals surface area contributed by atoms with Gasteiger partial charge in [-0.25, -0.2) is 4.98 Å². The molecule has 4 rings (SSSR count). The number of Topliss-reactive ketones (excluding diaryl/α,β-unsaturated/α-hetero) is 1. The molecule has 1 N–H and O–H groups in total. The Hall–Kier alpha value is -2.67. The normalized spacial score (nSPS) is 15.1. The standard InChI is InChI=1S/C21H14Cl2N2O3S/c1-11(26)17-10-24-21(29-17)25-20(27)15-8-13-7-14(22)9-16(23)19(13)28-18(15)12-5-3-2-4-6-12/h2-10,18H,1H3,(H,24,25,27). The van der Waals surface area contributed by atoms with Crippen molar-refractivity contribution in [2.45, 2.75) is 13.0 Å². The number of ketones is 1. The molecular weight excluding hydrogens is 431 g/mol. The highest BCUT2D eigenvalue weighted by Gasteiger charge is 2.31. The number of ether oxygens (including phenoxy) is 1. The highest BCUT2D eigenvalue weighted by atomic mass is 35.5. The van der Waals surface area contributed by atoms with Gasteiger partial charge >= 0.3 is 0 Å². The molecule has 0 aliphatic carbocycles. The topological polar surface area (TPSA) is 68.3 Å². The smallest absolute Gasteiger partial charge is 0.257 e. The molecule has 146 valence electrons. The van der Waals surface area contributed by atoms with Gasteiger partial charge in [0.05, 0.1) is 21.7 Å². The molecule has 5 nitrogen and oxygen atoms in total. The van der Waals surface area contributed by atoms with Crippen molar-refractivity contribution >= 4 is 57.4 Å². The van der Waals surface area contributed by atoms with Crippen LogP contribution in [0, 0.1) is 0 Å². The second-order valence-corrected chi connectivity index (χ2v) is 8.23. The number of nitrogens with one attached hydrogen (secondary N) is 1. The van der Waals surface area contributed by atoms with E-state index in [1.807, 2.05) is 30.3 Å². The first-order valence-electron chi connectivity index (χ1n) is 8.62. The van der Waals surface area contributed by atoms with Crippen LogP contribution in [0.3, 0.4) is 0 Å². The number of fused-ring (bicyclic) bond motifs is 1. The SMILES string of the molecule is CC(=O)c1cnc(NC(=O)C2=Cc3cc(Cl)cc(Cl)c3OC2c2ccccc2)s1. The van der Waals surface area contributed by atoms with E-state index in [4.69, 9.17) is 27.9 Å². The van der Waals surface area contributed by atoms with Crippen LogP contribution >= 0.6 is 34.5 Å². The van der Waals surface area contributed by atoms with E-state index in [1.165, 1.54) is 13.1 Å². The van der Waals surface area contributed by atoms with Gasteiger partial charge in [0.2, 0.25) is 0 Å². The Morgan fingerprint density at radius 3 is 2.62 bits per heavy atom. The fraction of sp³-hybridized carbons (Fsp3) is 0.0952. The summed E-state index contributed by atoms with van der Waals surface area (Å²) >= 11 is 13.5. The molecular formula is C21H14Cl2N2O3S. The molecule has 0 spiro atoms. The lowest BCUT2D eigenvalue weighted by Crippen LogP contribution is -2.25. The summed E-state index contributed by atoms with van der Waals surface area (Å²) in [5.74, 6) is -0.0248. The number of hydrogen-bond acceptors (Lipinski definition) is 5. The molecule has 2 heterocycles. The largest absolute Gasteiger partial charge is 0.479 e. The van der Waals surface area contributed by atoms with Crippen molar-refractivity contribution in [2.75, 3.05) is 5.32 Å². The van der Waals surface area contributed by atoms with E-state index in [-0.39, 0.29) is 11.7 Å². The number of carbonyl (C=O) groups excluding carboxylic acids is 2. The summed E-state index contributed by atoms with van der Waals surface area (Å²) in [7, 11) is 0. The molecule has 29 heavy (non-hydrogen) atoms. The van der Waals surface area contributed by atoms with Crippen LogP contribution in [0.1, 0.15) is 33.8 Å². The Kier molecular flexibility index (Phi) is 5.41. The Morgan fingerprint density at radius 1 is 1.17 bits per heavy atom. The Labute approximate surface area is 180 Å². The second-order valence-electron chi connectivity index (χ2n) is 6.35. The zero-order valence-corrected chi connectivity index (χ0v) is 17.4. The van der Waals surface area contributed by atoms with Crippen molar-refractivity contribution in [2.24, 2.45) is 0 Å². The van der Waals surface area contributed by atoms with E-state index < -0.39 is 6.10 Å². The van der Waals surface area contributed by atoms with Crippen molar-refractivity contribution in [1.29, 1.82) is 0 Å². The van der Waals surface area contributed by atoms with Crippen molar-refractivity contribution in [1.82, 2.24) is 4.98 Å².